The highest BCUT2D eigenvalue weighted by Gasteiger charge is 2.24. The Hall–Kier alpha value is -6.70. The minimum atomic E-state index is 1.17. The molecule has 1 nitrogen and oxygen atoms in total. The molecular weight excluding hydrogens is 615 g/mol. The predicted molar refractivity (Wildman–Crippen MR) is 218 cm³/mol. The Kier molecular flexibility index (Phi) is 5.29. The van der Waals surface area contributed by atoms with Crippen molar-refractivity contribution in [2.45, 2.75) is 0 Å². The van der Waals surface area contributed by atoms with Crippen LogP contribution in [-0.4, -0.2) is 4.57 Å². The van der Waals surface area contributed by atoms with Crippen LogP contribution in [0.15, 0.2) is 176 Å². The molecule has 0 atom stereocenters. The van der Waals surface area contributed by atoms with Gasteiger partial charge in [0.2, 0.25) is 0 Å². The van der Waals surface area contributed by atoms with Crippen molar-refractivity contribution in [3.05, 3.63) is 176 Å². The molecule has 51 heavy (non-hydrogen) atoms. The molecule has 1 aromatic heterocycles. The van der Waals surface area contributed by atoms with Crippen LogP contribution in [0.25, 0.3) is 115 Å². The Bertz CT molecular complexity index is 3300. The van der Waals surface area contributed by atoms with Gasteiger partial charge in [0.1, 0.15) is 0 Å². The van der Waals surface area contributed by atoms with Crippen molar-refractivity contribution in [3.63, 3.8) is 0 Å². The first kappa shape index (κ1) is 27.2. The summed E-state index contributed by atoms with van der Waals surface area (Å²) in [6.07, 6.45) is 0. The second-order valence-corrected chi connectivity index (χ2v) is 14.0. The Morgan fingerprint density at radius 1 is 0.294 bits per heavy atom. The second kappa shape index (κ2) is 9.94. The molecule has 1 aliphatic rings. The molecule has 11 aromatic rings. The molecule has 10 aromatic carbocycles. The van der Waals surface area contributed by atoms with Gasteiger partial charge < -0.3 is 4.57 Å². The lowest BCUT2D eigenvalue weighted by Gasteiger charge is -2.16. The van der Waals surface area contributed by atoms with Crippen LogP contribution in [0.1, 0.15) is 0 Å². The van der Waals surface area contributed by atoms with Crippen molar-refractivity contribution in [1.29, 1.82) is 0 Å². The van der Waals surface area contributed by atoms with E-state index in [0.717, 1.165) is 0 Å². The van der Waals surface area contributed by atoms with E-state index in [1.54, 1.807) is 0 Å². The second-order valence-electron chi connectivity index (χ2n) is 14.0. The number of aromatic nitrogens is 1. The van der Waals surface area contributed by atoms with Crippen molar-refractivity contribution < 1.29 is 0 Å². The monoisotopic (exact) mass is 643 g/mol. The number of para-hydroxylation sites is 1. The van der Waals surface area contributed by atoms with Crippen molar-refractivity contribution in [3.8, 4) is 39.1 Å². The van der Waals surface area contributed by atoms with Crippen molar-refractivity contribution in [2.24, 2.45) is 0 Å². The van der Waals surface area contributed by atoms with Crippen molar-refractivity contribution in [1.82, 2.24) is 4.57 Å². The van der Waals surface area contributed by atoms with E-state index in [4.69, 9.17) is 0 Å². The van der Waals surface area contributed by atoms with E-state index >= 15 is 0 Å². The lowest BCUT2D eigenvalue weighted by molar-refractivity contribution is 1.19. The molecule has 0 N–H and O–H groups in total. The summed E-state index contributed by atoms with van der Waals surface area (Å²) in [5.74, 6) is 0. The zero-order chi connectivity index (χ0) is 33.2. The van der Waals surface area contributed by atoms with Crippen molar-refractivity contribution in [2.75, 3.05) is 0 Å². The van der Waals surface area contributed by atoms with Gasteiger partial charge >= 0.3 is 0 Å². The molecule has 0 aliphatic heterocycles. The van der Waals surface area contributed by atoms with Gasteiger partial charge in [0, 0.05) is 27.2 Å². The van der Waals surface area contributed by atoms with E-state index < -0.39 is 0 Å². The highest BCUT2D eigenvalue weighted by atomic mass is 15.0. The maximum Gasteiger partial charge on any atom is 0.0626 e. The molecule has 0 saturated carbocycles. The molecule has 0 unspecified atom stereocenters. The SMILES string of the molecule is c1cc(-c2ccc3c(c2)-c2cccc4cccc-3c24)cc(-n2c3ccccc3c3c4c5ccccc5c5ccccc5c4c4ccccc4c32)c1. The topological polar surface area (TPSA) is 4.93 Å². The van der Waals surface area contributed by atoms with Crippen LogP contribution in [-0.2, 0) is 0 Å². The molecule has 234 valence electrons. The van der Waals surface area contributed by atoms with Gasteiger partial charge in [-0.2, -0.15) is 0 Å². The Balaban J connectivity index is 1.18. The van der Waals surface area contributed by atoms with Gasteiger partial charge in [0.25, 0.3) is 0 Å². The highest BCUT2D eigenvalue weighted by Crippen LogP contribution is 2.50. The number of nitrogens with zero attached hydrogens (tertiary/aromatic N) is 1. The normalized spacial score (nSPS) is 12.3. The fourth-order valence-electron chi connectivity index (χ4n) is 9.40. The first-order valence-corrected chi connectivity index (χ1v) is 17.8. The number of benzene rings is 10. The van der Waals surface area contributed by atoms with Crippen LogP contribution in [0, 0.1) is 0 Å². The van der Waals surface area contributed by atoms with Gasteiger partial charge in [-0.05, 0) is 101 Å². The molecule has 0 saturated heterocycles. The van der Waals surface area contributed by atoms with E-state index in [0.29, 0.717) is 0 Å². The highest BCUT2D eigenvalue weighted by molar-refractivity contribution is 6.42. The quantitative estimate of drug-likeness (QED) is 0.165. The third kappa shape index (κ3) is 3.55. The average molecular weight is 644 g/mol. The summed E-state index contributed by atoms with van der Waals surface area (Å²) in [5, 5.41) is 15.7. The van der Waals surface area contributed by atoms with Gasteiger partial charge in [0.15, 0.2) is 0 Å². The lowest BCUT2D eigenvalue weighted by atomic mass is 9.88. The zero-order valence-electron chi connectivity index (χ0n) is 27.7. The molecule has 1 heteroatoms. The Morgan fingerprint density at radius 2 is 0.863 bits per heavy atom. The molecule has 0 spiro atoms. The molecule has 1 heterocycles. The fourth-order valence-corrected chi connectivity index (χ4v) is 9.40. The van der Waals surface area contributed by atoms with Crippen LogP contribution < -0.4 is 0 Å². The molecule has 1 aliphatic carbocycles. The van der Waals surface area contributed by atoms with E-state index in [9.17, 15) is 0 Å². The zero-order valence-corrected chi connectivity index (χ0v) is 27.7. The molecule has 0 bridgehead atoms. The number of hydrogen-bond acceptors (Lipinski definition) is 0. The van der Waals surface area contributed by atoms with E-state index in [2.05, 4.69) is 180 Å². The van der Waals surface area contributed by atoms with Gasteiger partial charge in [-0.3, -0.25) is 0 Å². The van der Waals surface area contributed by atoms with Crippen LogP contribution >= 0.6 is 0 Å². The number of rotatable bonds is 2. The maximum atomic E-state index is 2.52. The standard InChI is InChI=1S/C50H29N/c1-3-18-38-34(16-1)35-17-2-4-19-39(35)48-47(38)40-20-5-6-21-42(40)50-49(48)43-22-7-8-25-45(43)51(50)33-15-9-14-31(28-33)32-26-27-36-37-23-10-12-30-13-11-24-41(46(30)37)44(36)29-32/h1-29H. The largest absolute Gasteiger partial charge is 0.309 e. The first-order valence-electron chi connectivity index (χ1n) is 17.8. The summed E-state index contributed by atoms with van der Waals surface area (Å²) >= 11 is 0. The summed E-state index contributed by atoms with van der Waals surface area (Å²) in [4.78, 5) is 0. The van der Waals surface area contributed by atoms with Crippen LogP contribution in [0.2, 0.25) is 0 Å². The van der Waals surface area contributed by atoms with Crippen LogP contribution in [0.3, 0.4) is 0 Å². The van der Waals surface area contributed by atoms with Gasteiger partial charge in [-0.25, -0.2) is 0 Å². The Labute approximate surface area is 294 Å². The van der Waals surface area contributed by atoms with Gasteiger partial charge in [0.05, 0.1) is 11.0 Å². The summed E-state index contributed by atoms with van der Waals surface area (Å²) in [5.41, 5.74) is 11.4. The van der Waals surface area contributed by atoms with Crippen LogP contribution in [0.5, 0.6) is 0 Å². The van der Waals surface area contributed by atoms with E-state index in [1.165, 1.54) is 115 Å². The average Bonchev–Trinajstić information content (AvgIpc) is 3.72. The maximum absolute atomic E-state index is 2.52. The molecule has 0 fully saturated rings. The number of hydrogen-bond donors (Lipinski definition) is 0. The minimum Gasteiger partial charge on any atom is -0.309 e. The van der Waals surface area contributed by atoms with Gasteiger partial charge in [-0.1, -0.05) is 152 Å². The predicted octanol–water partition coefficient (Wildman–Crippen LogP) is 13.9. The Morgan fingerprint density at radius 3 is 1.61 bits per heavy atom. The van der Waals surface area contributed by atoms with Crippen molar-refractivity contribution >= 4 is 75.7 Å². The lowest BCUT2D eigenvalue weighted by Crippen LogP contribution is -1.96. The molecular formula is C50H29N. The number of fused-ring (bicyclic) bond motifs is 16. The minimum absolute atomic E-state index is 1.17. The van der Waals surface area contributed by atoms with E-state index in [-0.39, 0.29) is 0 Å². The molecule has 0 amide bonds. The van der Waals surface area contributed by atoms with Crippen LogP contribution in [0.4, 0.5) is 0 Å². The third-order valence-electron chi connectivity index (χ3n) is 11.5. The molecule has 12 rings (SSSR count). The smallest absolute Gasteiger partial charge is 0.0626 e. The summed E-state index contributed by atoms with van der Waals surface area (Å²) in [7, 11) is 0. The summed E-state index contributed by atoms with van der Waals surface area (Å²) in [6, 6.07) is 65.4. The fraction of sp³-hybridized carbons (Fsp3) is 0. The third-order valence-corrected chi connectivity index (χ3v) is 11.5. The summed E-state index contributed by atoms with van der Waals surface area (Å²) in [6.45, 7) is 0. The summed E-state index contributed by atoms with van der Waals surface area (Å²) < 4.78 is 2.52. The van der Waals surface area contributed by atoms with Gasteiger partial charge in [-0.15, -0.1) is 0 Å². The molecule has 0 radical (unpaired) electrons. The first-order chi connectivity index (χ1) is 25.3. The van der Waals surface area contributed by atoms with E-state index in [1.807, 2.05) is 0 Å².